The SMILES string of the molecule is COc1cc(N2CCN(C(=O)C3CC3)CC2)ccc1N. The van der Waals surface area contributed by atoms with Gasteiger partial charge in [0.2, 0.25) is 5.91 Å². The first-order valence-corrected chi connectivity index (χ1v) is 7.16. The number of piperazine rings is 1. The van der Waals surface area contributed by atoms with Crippen molar-refractivity contribution in [3.05, 3.63) is 18.2 Å². The third-order valence-corrected chi connectivity index (χ3v) is 4.10. The van der Waals surface area contributed by atoms with Gasteiger partial charge in [0.15, 0.2) is 0 Å². The number of nitrogen functional groups attached to an aromatic ring is 1. The lowest BCUT2D eigenvalue weighted by Gasteiger charge is -2.36. The summed E-state index contributed by atoms with van der Waals surface area (Å²) in [5, 5.41) is 0. The second-order valence-corrected chi connectivity index (χ2v) is 5.51. The van der Waals surface area contributed by atoms with E-state index in [4.69, 9.17) is 10.5 Å². The van der Waals surface area contributed by atoms with Gasteiger partial charge >= 0.3 is 0 Å². The molecular weight excluding hydrogens is 254 g/mol. The van der Waals surface area contributed by atoms with Crippen molar-refractivity contribution in [2.75, 3.05) is 43.9 Å². The highest BCUT2D eigenvalue weighted by Gasteiger charge is 2.34. The smallest absolute Gasteiger partial charge is 0.225 e. The molecule has 1 aliphatic heterocycles. The van der Waals surface area contributed by atoms with Crippen LogP contribution in [0.4, 0.5) is 11.4 Å². The average molecular weight is 275 g/mol. The molecule has 1 saturated carbocycles. The number of methoxy groups -OCH3 is 1. The van der Waals surface area contributed by atoms with Crippen molar-refractivity contribution in [1.82, 2.24) is 4.90 Å². The third-order valence-electron chi connectivity index (χ3n) is 4.10. The Balaban J connectivity index is 1.64. The molecule has 0 radical (unpaired) electrons. The molecule has 1 amide bonds. The summed E-state index contributed by atoms with van der Waals surface area (Å²) in [4.78, 5) is 16.3. The van der Waals surface area contributed by atoms with Gasteiger partial charge in [-0.2, -0.15) is 0 Å². The summed E-state index contributed by atoms with van der Waals surface area (Å²) in [6.07, 6.45) is 2.16. The minimum absolute atomic E-state index is 0.318. The zero-order valence-corrected chi connectivity index (χ0v) is 11.8. The molecule has 1 saturated heterocycles. The van der Waals surface area contributed by atoms with Crippen LogP contribution in [0, 0.1) is 5.92 Å². The van der Waals surface area contributed by atoms with Crippen molar-refractivity contribution in [2.24, 2.45) is 5.92 Å². The summed E-state index contributed by atoms with van der Waals surface area (Å²) in [5.74, 6) is 1.37. The fourth-order valence-corrected chi connectivity index (χ4v) is 2.67. The molecule has 0 aromatic heterocycles. The van der Waals surface area contributed by atoms with Crippen LogP contribution in [0.1, 0.15) is 12.8 Å². The first kappa shape index (κ1) is 13.1. The lowest BCUT2D eigenvalue weighted by molar-refractivity contribution is -0.132. The van der Waals surface area contributed by atoms with Crippen LogP contribution < -0.4 is 15.4 Å². The second-order valence-electron chi connectivity index (χ2n) is 5.51. The Kier molecular flexibility index (Phi) is 3.42. The van der Waals surface area contributed by atoms with Crippen LogP contribution in [0.25, 0.3) is 0 Å². The molecule has 0 spiro atoms. The maximum atomic E-state index is 12.0. The van der Waals surface area contributed by atoms with E-state index in [9.17, 15) is 4.79 Å². The number of ether oxygens (including phenoxy) is 1. The molecule has 3 rings (SSSR count). The Bertz CT molecular complexity index is 506. The number of hydrogen-bond acceptors (Lipinski definition) is 4. The first-order valence-electron chi connectivity index (χ1n) is 7.16. The van der Waals surface area contributed by atoms with Crippen molar-refractivity contribution >= 4 is 17.3 Å². The Morgan fingerprint density at radius 2 is 1.95 bits per heavy atom. The van der Waals surface area contributed by atoms with Gasteiger partial charge in [-0.25, -0.2) is 0 Å². The minimum Gasteiger partial charge on any atom is -0.495 e. The van der Waals surface area contributed by atoms with Crippen LogP contribution >= 0.6 is 0 Å². The molecule has 20 heavy (non-hydrogen) atoms. The van der Waals surface area contributed by atoms with Crippen molar-refractivity contribution in [1.29, 1.82) is 0 Å². The minimum atomic E-state index is 0.318. The molecule has 2 aliphatic rings. The van der Waals surface area contributed by atoms with Gasteiger partial charge in [0, 0.05) is 43.9 Å². The van der Waals surface area contributed by atoms with Gasteiger partial charge in [-0.1, -0.05) is 0 Å². The number of benzene rings is 1. The molecule has 0 atom stereocenters. The van der Waals surface area contributed by atoms with E-state index >= 15 is 0 Å². The quantitative estimate of drug-likeness (QED) is 0.846. The summed E-state index contributed by atoms with van der Waals surface area (Å²) in [6, 6.07) is 5.85. The zero-order chi connectivity index (χ0) is 14.1. The maximum Gasteiger partial charge on any atom is 0.225 e. The van der Waals surface area contributed by atoms with Crippen LogP contribution in [0.2, 0.25) is 0 Å². The Labute approximate surface area is 119 Å². The predicted molar refractivity (Wildman–Crippen MR) is 78.9 cm³/mol. The average Bonchev–Trinajstić information content (AvgIpc) is 3.32. The number of anilines is 2. The predicted octanol–water partition coefficient (Wildman–Crippen LogP) is 1.34. The van der Waals surface area contributed by atoms with Gasteiger partial charge < -0.3 is 20.3 Å². The van der Waals surface area contributed by atoms with Gasteiger partial charge in [0.1, 0.15) is 5.75 Å². The molecule has 1 heterocycles. The maximum absolute atomic E-state index is 12.0. The largest absolute Gasteiger partial charge is 0.495 e. The van der Waals surface area contributed by atoms with Crippen molar-refractivity contribution < 1.29 is 9.53 Å². The summed E-state index contributed by atoms with van der Waals surface area (Å²) in [5.41, 5.74) is 7.59. The molecule has 0 bridgehead atoms. The van der Waals surface area contributed by atoms with Gasteiger partial charge in [0.25, 0.3) is 0 Å². The molecule has 1 aromatic carbocycles. The van der Waals surface area contributed by atoms with Crippen molar-refractivity contribution in [3.8, 4) is 5.75 Å². The van der Waals surface area contributed by atoms with E-state index in [0.29, 0.717) is 23.3 Å². The topological polar surface area (TPSA) is 58.8 Å². The molecule has 1 aromatic rings. The number of carbonyl (C=O) groups is 1. The Morgan fingerprint density at radius 1 is 1.25 bits per heavy atom. The molecule has 5 heteroatoms. The van der Waals surface area contributed by atoms with Gasteiger partial charge in [-0.05, 0) is 25.0 Å². The lowest BCUT2D eigenvalue weighted by atomic mass is 10.2. The van der Waals surface area contributed by atoms with E-state index in [1.165, 1.54) is 0 Å². The van der Waals surface area contributed by atoms with Crippen LogP contribution in [0.3, 0.4) is 0 Å². The summed E-state index contributed by atoms with van der Waals surface area (Å²) in [7, 11) is 1.63. The number of nitrogens with zero attached hydrogens (tertiary/aromatic N) is 2. The molecule has 2 N–H and O–H groups in total. The van der Waals surface area contributed by atoms with E-state index in [2.05, 4.69) is 4.90 Å². The fraction of sp³-hybridized carbons (Fsp3) is 0.533. The molecule has 0 unspecified atom stereocenters. The zero-order valence-electron chi connectivity index (χ0n) is 11.8. The van der Waals surface area contributed by atoms with Crippen molar-refractivity contribution in [2.45, 2.75) is 12.8 Å². The monoisotopic (exact) mass is 275 g/mol. The first-order chi connectivity index (χ1) is 9.69. The van der Waals surface area contributed by atoms with Crippen LogP contribution in [0.5, 0.6) is 5.75 Å². The van der Waals surface area contributed by atoms with E-state index in [1.807, 2.05) is 23.1 Å². The van der Waals surface area contributed by atoms with E-state index in [-0.39, 0.29) is 0 Å². The molecule has 108 valence electrons. The number of hydrogen-bond donors (Lipinski definition) is 1. The third kappa shape index (κ3) is 2.53. The number of amides is 1. The highest BCUT2D eigenvalue weighted by Crippen LogP contribution is 2.32. The normalized spacial score (nSPS) is 19.1. The number of carbonyl (C=O) groups excluding carboxylic acids is 1. The van der Waals surface area contributed by atoms with E-state index in [0.717, 1.165) is 44.7 Å². The Hall–Kier alpha value is -1.91. The van der Waals surface area contributed by atoms with Crippen LogP contribution in [0.15, 0.2) is 18.2 Å². The highest BCUT2D eigenvalue weighted by atomic mass is 16.5. The van der Waals surface area contributed by atoms with Gasteiger partial charge in [-0.3, -0.25) is 4.79 Å². The van der Waals surface area contributed by atoms with E-state index in [1.54, 1.807) is 7.11 Å². The lowest BCUT2D eigenvalue weighted by Crippen LogP contribution is -2.49. The van der Waals surface area contributed by atoms with Crippen LogP contribution in [-0.2, 0) is 4.79 Å². The summed E-state index contributed by atoms with van der Waals surface area (Å²) < 4.78 is 5.26. The Morgan fingerprint density at radius 3 is 2.55 bits per heavy atom. The number of nitrogens with two attached hydrogens (primary N) is 1. The highest BCUT2D eigenvalue weighted by molar-refractivity contribution is 5.81. The second kappa shape index (κ2) is 5.23. The van der Waals surface area contributed by atoms with Gasteiger partial charge in [0.05, 0.1) is 12.8 Å². The van der Waals surface area contributed by atoms with E-state index < -0.39 is 0 Å². The molecule has 5 nitrogen and oxygen atoms in total. The molecular formula is C15H21N3O2. The summed E-state index contributed by atoms with van der Waals surface area (Å²) in [6.45, 7) is 3.35. The molecule has 1 aliphatic carbocycles. The van der Waals surface area contributed by atoms with Crippen LogP contribution in [-0.4, -0.2) is 44.1 Å². The standard InChI is InChI=1S/C15H21N3O2/c1-20-14-10-12(4-5-13(14)16)17-6-8-18(9-7-17)15(19)11-2-3-11/h4-5,10-11H,2-3,6-9,16H2,1H3. The molecule has 2 fully saturated rings. The summed E-state index contributed by atoms with van der Waals surface area (Å²) >= 11 is 0. The number of rotatable bonds is 3. The fourth-order valence-electron chi connectivity index (χ4n) is 2.67. The van der Waals surface area contributed by atoms with Crippen molar-refractivity contribution in [3.63, 3.8) is 0 Å². The van der Waals surface area contributed by atoms with Gasteiger partial charge in [-0.15, -0.1) is 0 Å².